The van der Waals surface area contributed by atoms with Crippen LogP contribution in [0.2, 0.25) is 0 Å². The normalized spacial score (nSPS) is 11.2. The number of carbonyl (C=O) groups is 1. The molecule has 44 heavy (non-hydrogen) atoms. The molecule has 1 rings (SSSR count). The van der Waals surface area contributed by atoms with Gasteiger partial charge in [-0.05, 0) is 5.56 Å². The molecule has 0 aliphatic carbocycles. The van der Waals surface area contributed by atoms with Gasteiger partial charge in [0.25, 0.3) is 0 Å². The summed E-state index contributed by atoms with van der Waals surface area (Å²) in [6.07, 6.45) is -0.472. The number of nitrogens with one attached hydrogen (secondary N) is 1. The Labute approximate surface area is 260 Å². The Bertz CT molecular complexity index is 723. The molecule has 0 saturated carbocycles. The molecule has 0 aliphatic heterocycles. The largest absolute Gasteiger partial charge is 0.445 e. The van der Waals surface area contributed by atoms with E-state index in [1.165, 1.54) is 0 Å². The lowest BCUT2D eigenvalue weighted by molar-refractivity contribution is -0.0265. The highest BCUT2D eigenvalue weighted by Crippen LogP contribution is 2.00. The molecule has 1 aromatic rings. The summed E-state index contributed by atoms with van der Waals surface area (Å²) in [4.78, 5) is 11.6. The van der Waals surface area contributed by atoms with E-state index < -0.39 is 12.8 Å². The number of carbonyl (C=O) groups excluding carboxylic acids is 1. The molecule has 0 fully saturated rings. The summed E-state index contributed by atoms with van der Waals surface area (Å²) in [6.45, 7) is 9.02. The highest BCUT2D eigenvalue weighted by molar-refractivity contribution is 5.67. The Morgan fingerprint density at radius 3 is 1.14 bits per heavy atom. The lowest BCUT2D eigenvalue weighted by Gasteiger charge is -2.09. The van der Waals surface area contributed by atoms with Crippen molar-refractivity contribution >= 4 is 6.09 Å². The zero-order chi connectivity index (χ0) is 31.4. The number of amides is 1. The summed E-state index contributed by atoms with van der Waals surface area (Å²) in [7, 11) is 0. The van der Waals surface area contributed by atoms with Crippen molar-refractivity contribution in [2.24, 2.45) is 0 Å². The van der Waals surface area contributed by atoms with Crippen molar-refractivity contribution in [3.05, 3.63) is 35.9 Å². The predicted molar refractivity (Wildman–Crippen MR) is 159 cm³/mol. The number of hydrogen-bond donors (Lipinski definition) is 1. The van der Waals surface area contributed by atoms with Crippen LogP contribution in [-0.4, -0.2) is 151 Å². The van der Waals surface area contributed by atoms with E-state index in [2.05, 4.69) is 5.32 Å². The van der Waals surface area contributed by atoms with Crippen molar-refractivity contribution in [3.8, 4) is 0 Å². The maximum Gasteiger partial charge on any atom is 0.407 e. The molecule has 1 amide bonds. The first kappa shape index (κ1) is 40.0. The van der Waals surface area contributed by atoms with Crippen molar-refractivity contribution in [1.82, 2.24) is 5.32 Å². The van der Waals surface area contributed by atoms with Crippen LogP contribution in [0.25, 0.3) is 0 Å². The molecule has 1 aromatic carbocycles. The lowest BCUT2D eigenvalue weighted by Crippen LogP contribution is -2.28. The maximum atomic E-state index is 11.8. The highest BCUT2D eigenvalue weighted by Gasteiger charge is 2.02. The molecule has 1 N–H and O–H groups in total. The van der Waals surface area contributed by atoms with Gasteiger partial charge in [0.05, 0.1) is 132 Å². The number of benzene rings is 1. The van der Waals surface area contributed by atoms with Crippen LogP contribution in [-0.2, 0) is 58.7 Å². The summed E-state index contributed by atoms with van der Waals surface area (Å²) < 4.78 is 70.6. The molecule has 13 nitrogen and oxygen atoms in total. The molecule has 0 saturated heterocycles. The first-order valence-electron chi connectivity index (χ1n) is 15.1. The van der Waals surface area contributed by atoms with E-state index in [4.69, 9.17) is 52.1 Å². The van der Waals surface area contributed by atoms with Crippen LogP contribution in [0, 0.1) is 0 Å². The van der Waals surface area contributed by atoms with E-state index in [0.29, 0.717) is 132 Å². The van der Waals surface area contributed by atoms with E-state index in [-0.39, 0.29) is 13.2 Å². The molecule has 0 heterocycles. The topological polar surface area (TPSA) is 131 Å². The van der Waals surface area contributed by atoms with Gasteiger partial charge in [-0.15, -0.1) is 0 Å². The Balaban J connectivity index is 1.64. The van der Waals surface area contributed by atoms with Crippen molar-refractivity contribution in [2.45, 2.75) is 6.61 Å². The summed E-state index contributed by atoms with van der Waals surface area (Å²) in [6, 6.07) is 9.49. The minimum absolute atomic E-state index is 0.109. The Morgan fingerprint density at radius 1 is 0.477 bits per heavy atom. The van der Waals surface area contributed by atoms with Crippen LogP contribution in [0.3, 0.4) is 0 Å². The van der Waals surface area contributed by atoms with Gasteiger partial charge in [0.1, 0.15) is 13.3 Å². The van der Waals surface area contributed by atoms with Crippen LogP contribution in [0.5, 0.6) is 0 Å². The molecule has 0 aliphatic rings. The van der Waals surface area contributed by atoms with E-state index in [0.717, 1.165) is 5.56 Å². The maximum absolute atomic E-state index is 11.8. The summed E-state index contributed by atoms with van der Waals surface area (Å²) in [5.74, 6) is 0. The Hall–Kier alpha value is -1.98. The molecule has 14 heteroatoms. The predicted octanol–water partition coefficient (Wildman–Crippen LogP) is 2.05. The highest BCUT2D eigenvalue weighted by atomic mass is 19.1. The smallest absolute Gasteiger partial charge is 0.407 e. The van der Waals surface area contributed by atoms with Gasteiger partial charge in [-0.2, -0.15) is 0 Å². The second-order valence-corrected chi connectivity index (χ2v) is 8.80. The Kier molecular flexibility index (Phi) is 30.9. The fraction of sp³-hybridized carbons (Fsp3) is 0.767. The number of hydrogen-bond acceptors (Lipinski definition) is 12. The van der Waals surface area contributed by atoms with Crippen molar-refractivity contribution in [1.29, 1.82) is 0 Å². The third-order valence-corrected chi connectivity index (χ3v) is 5.30. The summed E-state index contributed by atoms with van der Waals surface area (Å²) >= 11 is 0. The molecule has 0 bridgehead atoms. The van der Waals surface area contributed by atoms with Gasteiger partial charge < -0.3 is 57.4 Å². The van der Waals surface area contributed by atoms with Gasteiger partial charge in [-0.1, -0.05) is 30.3 Å². The van der Waals surface area contributed by atoms with E-state index >= 15 is 0 Å². The molecule has 0 radical (unpaired) electrons. The molecule has 0 atom stereocenters. The van der Waals surface area contributed by atoms with E-state index in [9.17, 15) is 9.18 Å². The zero-order valence-electron chi connectivity index (χ0n) is 25.9. The van der Waals surface area contributed by atoms with Crippen molar-refractivity contribution < 1.29 is 61.3 Å². The number of halogens is 1. The third-order valence-electron chi connectivity index (χ3n) is 5.30. The van der Waals surface area contributed by atoms with Gasteiger partial charge in [-0.3, -0.25) is 0 Å². The number of alkyl carbamates (subject to hydrolysis) is 1. The fourth-order valence-electron chi connectivity index (χ4n) is 3.14. The van der Waals surface area contributed by atoms with E-state index in [1.807, 2.05) is 30.3 Å². The molecule has 0 aromatic heterocycles. The van der Waals surface area contributed by atoms with E-state index in [1.54, 1.807) is 0 Å². The molecule has 0 unspecified atom stereocenters. The Morgan fingerprint density at radius 2 is 0.795 bits per heavy atom. The number of alkyl halides is 1. The second-order valence-electron chi connectivity index (χ2n) is 8.80. The lowest BCUT2D eigenvalue weighted by atomic mass is 10.2. The zero-order valence-corrected chi connectivity index (χ0v) is 25.9. The molecular formula is C30H52FNO12. The first-order chi connectivity index (χ1) is 21.8. The summed E-state index contributed by atoms with van der Waals surface area (Å²) in [5, 5.41) is 2.64. The quantitative estimate of drug-likeness (QED) is 0.111. The fourth-order valence-corrected chi connectivity index (χ4v) is 3.14. The van der Waals surface area contributed by atoms with Crippen LogP contribution in [0.4, 0.5) is 9.18 Å². The first-order valence-corrected chi connectivity index (χ1v) is 15.1. The molecular weight excluding hydrogens is 585 g/mol. The van der Waals surface area contributed by atoms with Crippen LogP contribution in [0.1, 0.15) is 5.56 Å². The van der Waals surface area contributed by atoms with Gasteiger partial charge >= 0.3 is 6.09 Å². The van der Waals surface area contributed by atoms with Crippen molar-refractivity contribution in [3.63, 3.8) is 0 Å². The molecule has 256 valence electrons. The van der Waals surface area contributed by atoms with Gasteiger partial charge in [0, 0.05) is 6.54 Å². The average molecular weight is 638 g/mol. The number of rotatable bonds is 34. The van der Waals surface area contributed by atoms with Gasteiger partial charge in [0.2, 0.25) is 0 Å². The third kappa shape index (κ3) is 30.1. The van der Waals surface area contributed by atoms with Crippen LogP contribution in [0.15, 0.2) is 30.3 Å². The van der Waals surface area contributed by atoms with Crippen LogP contribution < -0.4 is 5.32 Å². The summed E-state index contributed by atoms with van der Waals surface area (Å²) in [5.41, 5.74) is 0.935. The van der Waals surface area contributed by atoms with Gasteiger partial charge in [0.15, 0.2) is 0 Å². The van der Waals surface area contributed by atoms with Crippen LogP contribution >= 0.6 is 0 Å². The monoisotopic (exact) mass is 637 g/mol. The van der Waals surface area contributed by atoms with Crippen molar-refractivity contribution in [2.75, 3.05) is 145 Å². The second kappa shape index (κ2) is 33.9. The van der Waals surface area contributed by atoms with Gasteiger partial charge in [-0.25, -0.2) is 9.18 Å². The number of ether oxygens (including phenoxy) is 11. The molecule has 0 spiro atoms. The SMILES string of the molecule is O=C(NCCOCCOCCOCCOCCOCCOCCOCCOCCOCCOCCF)OCc1ccccc1. The minimum atomic E-state index is -0.478. The minimum Gasteiger partial charge on any atom is -0.445 e. The standard InChI is InChI=1S/C30H52FNO12/c31-6-8-34-10-12-36-14-16-38-18-20-40-22-24-42-26-27-43-25-23-41-21-19-39-17-15-37-13-11-35-9-7-32-30(33)44-28-29-4-2-1-3-5-29/h1-5H,6-28H2,(H,32,33). The average Bonchev–Trinajstić information content (AvgIpc) is 3.04.